The summed E-state index contributed by atoms with van der Waals surface area (Å²) in [5.41, 5.74) is 0.953. The quantitative estimate of drug-likeness (QED) is 0.743. The summed E-state index contributed by atoms with van der Waals surface area (Å²) in [5, 5.41) is 19.5. The molecule has 0 saturated carbocycles. The minimum atomic E-state index is -1.06. The second kappa shape index (κ2) is 6.19. The number of carboxylic acids is 1. The zero-order chi connectivity index (χ0) is 12.8. The molecule has 0 unspecified atom stereocenters. The Labute approximate surface area is 103 Å². The molecule has 0 bridgehead atoms. The lowest BCUT2D eigenvalue weighted by atomic mass is 10.3. The van der Waals surface area contributed by atoms with Crippen molar-refractivity contribution in [3.63, 3.8) is 0 Å². The van der Waals surface area contributed by atoms with Gasteiger partial charge in [-0.15, -0.1) is 16.9 Å². The Kier molecular flexibility index (Phi) is 4.89. The number of nitrogens with one attached hydrogen (secondary N) is 1. The van der Waals surface area contributed by atoms with E-state index < -0.39 is 12.0 Å². The largest absolute Gasteiger partial charge is 0.480 e. The molecule has 1 atom stereocenters. The molecule has 0 aliphatic carbocycles. The zero-order valence-corrected chi connectivity index (χ0v) is 10.3. The smallest absolute Gasteiger partial charge is 0.327 e. The highest BCUT2D eigenvalue weighted by atomic mass is 32.2. The first-order chi connectivity index (χ1) is 7.99. The lowest BCUT2D eigenvalue weighted by molar-refractivity contribution is -0.140. The van der Waals surface area contributed by atoms with Crippen molar-refractivity contribution < 1.29 is 14.7 Å². The van der Waals surface area contributed by atoms with Crippen molar-refractivity contribution in [2.75, 3.05) is 5.75 Å². The summed E-state index contributed by atoms with van der Waals surface area (Å²) in [6, 6.07) is 0.893. The van der Waals surface area contributed by atoms with E-state index in [1.54, 1.807) is 6.20 Å². The van der Waals surface area contributed by atoms with Gasteiger partial charge < -0.3 is 10.4 Å². The van der Waals surface area contributed by atoms with Crippen LogP contribution in [0.5, 0.6) is 0 Å². The van der Waals surface area contributed by atoms with Crippen LogP contribution >= 0.6 is 11.8 Å². The monoisotopic (exact) mass is 255 g/mol. The van der Waals surface area contributed by atoms with Crippen molar-refractivity contribution in [2.45, 2.75) is 24.9 Å². The van der Waals surface area contributed by atoms with Crippen molar-refractivity contribution >= 4 is 23.6 Å². The van der Waals surface area contributed by atoms with Crippen LogP contribution in [0.25, 0.3) is 0 Å². The molecule has 0 saturated heterocycles. The number of carbonyl (C=O) groups excluding carboxylic acids is 1. The normalized spacial score (nSPS) is 11.9. The Morgan fingerprint density at radius 3 is 2.82 bits per heavy atom. The predicted octanol–water partition coefficient (Wildman–Crippen LogP) is 0.466. The Morgan fingerprint density at radius 2 is 2.29 bits per heavy atom. The minimum absolute atomic E-state index is 0.215. The molecule has 0 radical (unpaired) electrons. The number of hydrogen-bond acceptors (Lipinski definition) is 5. The molecule has 6 nitrogen and oxygen atoms in total. The van der Waals surface area contributed by atoms with Gasteiger partial charge in [0.1, 0.15) is 11.1 Å². The lowest BCUT2D eigenvalue weighted by Crippen LogP contribution is -2.41. The number of aryl methyl sites for hydroxylation is 1. The summed E-state index contributed by atoms with van der Waals surface area (Å²) in [4.78, 5) is 21.7. The van der Waals surface area contributed by atoms with Gasteiger partial charge >= 0.3 is 5.97 Å². The maximum Gasteiger partial charge on any atom is 0.327 e. The highest BCUT2D eigenvalue weighted by Gasteiger charge is 2.18. The fourth-order valence-corrected chi connectivity index (χ4v) is 2.03. The molecule has 0 aliphatic rings. The summed E-state index contributed by atoms with van der Waals surface area (Å²) in [6.45, 7) is 3.16. The molecule has 0 fully saturated rings. The zero-order valence-electron chi connectivity index (χ0n) is 9.51. The maximum absolute atomic E-state index is 10.9. The third-order valence-electron chi connectivity index (χ3n) is 1.84. The van der Waals surface area contributed by atoms with Gasteiger partial charge in [-0.1, -0.05) is 0 Å². The minimum Gasteiger partial charge on any atom is -0.480 e. The molecule has 92 valence electrons. The first-order valence-corrected chi connectivity index (χ1v) is 5.89. The SMILES string of the molecule is CC(=O)N[C@@H](CSc1cc(C)cnn1)C(=O)O. The van der Waals surface area contributed by atoms with Gasteiger partial charge in [-0.05, 0) is 18.6 Å². The van der Waals surface area contributed by atoms with Crippen LogP contribution in [0.4, 0.5) is 0 Å². The molecule has 1 amide bonds. The number of thioether (sulfide) groups is 1. The molecule has 1 heterocycles. The average molecular weight is 255 g/mol. The molecule has 0 aromatic carbocycles. The van der Waals surface area contributed by atoms with Gasteiger partial charge in [0.15, 0.2) is 0 Å². The molecular formula is C10H13N3O3S. The van der Waals surface area contributed by atoms with Crippen LogP contribution in [0.15, 0.2) is 17.3 Å². The molecule has 1 rings (SSSR count). The van der Waals surface area contributed by atoms with Crippen LogP contribution in [0, 0.1) is 6.92 Å². The lowest BCUT2D eigenvalue weighted by Gasteiger charge is -2.12. The summed E-state index contributed by atoms with van der Waals surface area (Å²) >= 11 is 1.24. The van der Waals surface area contributed by atoms with Crippen LogP contribution in [0.1, 0.15) is 12.5 Å². The van der Waals surface area contributed by atoms with Gasteiger partial charge in [0, 0.05) is 12.7 Å². The number of carbonyl (C=O) groups is 2. The topological polar surface area (TPSA) is 92.2 Å². The molecule has 1 aromatic rings. The van der Waals surface area contributed by atoms with Crippen molar-refractivity contribution in [1.29, 1.82) is 0 Å². The molecule has 0 aliphatic heterocycles. The van der Waals surface area contributed by atoms with Gasteiger partial charge in [-0.25, -0.2) is 4.79 Å². The maximum atomic E-state index is 10.9. The summed E-state index contributed by atoms with van der Waals surface area (Å²) in [6.07, 6.45) is 1.62. The summed E-state index contributed by atoms with van der Waals surface area (Å²) in [5.74, 6) is -1.21. The van der Waals surface area contributed by atoms with Crippen LogP contribution < -0.4 is 5.32 Å². The van der Waals surface area contributed by atoms with Crippen LogP contribution in [-0.4, -0.2) is 39.0 Å². The van der Waals surface area contributed by atoms with Crippen molar-refractivity contribution in [3.8, 4) is 0 Å². The number of rotatable bonds is 5. The molecular weight excluding hydrogens is 242 g/mol. The van der Waals surface area contributed by atoms with E-state index in [9.17, 15) is 9.59 Å². The second-order valence-electron chi connectivity index (χ2n) is 3.47. The first kappa shape index (κ1) is 13.4. The van der Waals surface area contributed by atoms with Gasteiger partial charge in [0.25, 0.3) is 0 Å². The van der Waals surface area contributed by atoms with Crippen molar-refractivity contribution in [2.24, 2.45) is 0 Å². The van der Waals surface area contributed by atoms with Gasteiger partial charge in [0.05, 0.1) is 6.20 Å². The van der Waals surface area contributed by atoms with Gasteiger partial charge in [-0.2, -0.15) is 5.10 Å². The number of aromatic nitrogens is 2. The van der Waals surface area contributed by atoms with E-state index in [1.165, 1.54) is 18.7 Å². The van der Waals surface area contributed by atoms with Crippen LogP contribution in [0.3, 0.4) is 0 Å². The third kappa shape index (κ3) is 4.81. The molecule has 1 aromatic heterocycles. The van der Waals surface area contributed by atoms with E-state index in [-0.39, 0.29) is 11.7 Å². The number of hydrogen-bond donors (Lipinski definition) is 2. The van der Waals surface area contributed by atoms with Crippen LogP contribution in [0.2, 0.25) is 0 Å². The van der Waals surface area contributed by atoms with E-state index in [4.69, 9.17) is 5.11 Å². The Bertz CT molecular complexity index is 425. The number of nitrogens with zero attached hydrogens (tertiary/aromatic N) is 2. The Balaban J connectivity index is 2.57. The average Bonchev–Trinajstić information content (AvgIpc) is 2.23. The third-order valence-corrected chi connectivity index (χ3v) is 2.84. The molecule has 7 heteroatoms. The van der Waals surface area contributed by atoms with E-state index >= 15 is 0 Å². The highest BCUT2D eigenvalue weighted by molar-refractivity contribution is 7.99. The molecule has 0 spiro atoms. The second-order valence-corrected chi connectivity index (χ2v) is 4.51. The van der Waals surface area contributed by atoms with Crippen molar-refractivity contribution in [1.82, 2.24) is 15.5 Å². The van der Waals surface area contributed by atoms with Crippen LogP contribution in [-0.2, 0) is 9.59 Å². The van der Waals surface area contributed by atoms with Gasteiger partial charge in [0.2, 0.25) is 5.91 Å². The molecule has 2 N–H and O–H groups in total. The standard InChI is InChI=1S/C10H13N3O3S/c1-6-3-9(13-11-4-6)17-5-8(10(15)16)12-7(2)14/h3-4,8H,5H2,1-2H3,(H,12,14)(H,15,16)/t8-/m0/s1. The number of amides is 1. The Hall–Kier alpha value is -1.63. The van der Waals surface area contributed by atoms with Gasteiger partial charge in [-0.3, -0.25) is 4.79 Å². The summed E-state index contributed by atoms with van der Waals surface area (Å²) < 4.78 is 0. The van der Waals surface area contributed by atoms with E-state index in [1.807, 2.05) is 13.0 Å². The predicted molar refractivity (Wildman–Crippen MR) is 62.7 cm³/mol. The number of carboxylic acid groups (broad SMARTS) is 1. The molecule has 17 heavy (non-hydrogen) atoms. The van der Waals surface area contributed by atoms with Crippen molar-refractivity contribution in [3.05, 3.63) is 17.8 Å². The van der Waals surface area contributed by atoms with E-state index in [0.717, 1.165) is 5.56 Å². The number of aliphatic carboxylic acids is 1. The van der Waals surface area contributed by atoms with E-state index in [2.05, 4.69) is 15.5 Å². The Morgan fingerprint density at radius 1 is 1.59 bits per heavy atom. The highest BCUT2D eigenvalue weighted by Crippen LogP contribution is 2.16. The van der Waals surface area contributed by atoms with E-state index in [0.29, 0.717) is 5.03 Å². The fourth-order valence-electron chi connectivity index (χ4n) is 1.10. The fraction of sp³-hybridized carbons (Fsp3) is 0.400. The summed E-state index contributed by atoms with van der Waals surface area (Å²) in [7, 11) is 0. The first-order valence-electron chi connectivity index (χ1n) is 4.91.